The first kappa shape index (κ1) is 19.8. The fraction of sp³-hybridized carbons (Fsp3) is 0.571. The minimum atomic E-state index is -3.74. The lowest BCUT2D eigenvalue weighted by atomic mass is 10.1. The number of nitro groups is 1. The summed E-state index contributed by atoms with van der Waals surface area (Å²) in [5, 5.41) is 14.1. The maximum absolute atomic E-state index is 12.9. The van der Waals surface area contributed by atoms with E-state index in [0.29, 0.717) is 12.0 Å². The van der Waals surface area contributed by atoms with Crippen molar-refractivity contribution in [1.29, 1.82) is 0 Å². The van der Waals surface area contributed by atoms with E-state index >= 15 is 0 Å². The molecule has 23 heavy (non-hydrogen) atoms. The van der Waals surface area contributed by atoms with Crippen LogP contribution in [-0.4, -0.2) is 43.8 Å². The van der Waals surface area contributed by atoms with Crippen molar-refractivity contribution < 1.29 is 13.3 Å². The van der Waals surface area contributed by atoms with E-state index in [1.165, 1.54) is 22.5 Å². The fourth-order valence-corrected chi connectivity index (χ4v) is 4.44. The van der Waals surface area contributed by atoms with Gasteiger partial charge in [-0.15, -0.1) is 12.4 Å². The number of hydrogen-bond donors (Lipinski definition) is 1. The van der Waals surface area contributed by atoms with Gasteiger partial charge in [0.15, 0.2) is 0 Å². The largest absolute Gasteiger partial charge is 0.317 e. The van der Waals surface area contributed by atoms with Gasteiger partial charge in [0.25, 0.3) is 5.69 Å². The van der Waals surface area contributed by atoms with Crippen LogP contribution in [0.1, 0.15) is 25.3 Å². The summed E-state index contributed by atoms with van der Waals surface area (Å²) in [6, 6.07) is 3.98. The SMILES string of the molecule is CCc1ccc([N+](=O)[O-])cc1S(=O)(=O)N(C)C1CCNCC1.Cl. The van der Waals surface area contributed by atoms with E-state index in [2.05, 4.69) is 5.32 Å². The number of sulfonamides is 1. The van der Waals surface area contributed by atoms with E-state index < -0.39 is 14.9 Å². The molecule has 1 N–H and O–H groups in total. The highest BCUT2D eigenvalue weighted by Gasteiger charge is 2.31. The lowest BCUT2D eigenvalue weighted by Crippen LogP contribution is -2.44. The third-order valence-electron chi connectivity index (χ3n) is 4.12. The Balaban J connectivity index is 0.00000264. The zero-order chi connectivity index (χ0) is 16.3. The summed E-state index contributed by atoms with van der Waals surface area (Å²) in [4.78, 5) is 10.4. The summed E-state index contributed by atoms with van der Waals surface area (Å²) < 4.78 is 27.1. The Morgan fingerprint density at radius 1 is 1.35 bits per heavy atom. The molecule has 1 aliphatic heterocycles. The summed E-state index contributed by atoms with van der Waals surface area (Å²) in [5.74, 6) is 0. The number of nitrogens with one attached hydrogen (secondary N) is 1. The molecule has 9 heteroatoms. The highest BCUT2D eigenvalue weighted by atomic mass is 35.5. The Bertz CT molecular complexity index is 660. The minimum Gasteiger partial charge on any atom is -0.317 e. The standard InChI is InChI=1S/C14H21N3O4S.ClH/c1-3-11-4-5-13(17(18)19)10-14(11)22(20,21)16(2)12-6-8-15-9-7-12;/h4-5,10,12,15H,3,6-9H2,1-2H3;1H. The van der Waals surface area contributed by atoms with Crippen LogP contribution >= 0.6 is 12.4 Å². The number of aryl methyl sites for hydroxylation is 1. The summed E-state index contributed by atoms with van der Waals surface area (Å²) >= 11 is 0. The number of rotatable bonds is 5. The van der Waals surface area contributed by atoms with E-state index in [9.17, 15) is 18.5 Å². The van der Waals surface area contributed by atoms with E-state index in [0.717, 1.165) is 25.9 Å². The highest BCUT2D eigenvalue weighted by Crippen LogP contribution is 2.27. The second-order valence-electron chi connectivity index (χ2n) is 5.41. The van der Waals surface area contributed by atoms with Gasteiger partial charge < -0.3 is 5.32 Å². The summed E-state index contributed by atoms with van der Waals surface area (Å²) in [7, 11) is -2.18. The summed E-state index contributed by atoms with van der Waals surface area (Å²) in [6.45, 7) is 3.39. The van der Waals surface area contributed by atoms with Crippen LogP contribution in [0, 0.1) is 10.1 Å². The van der Waals surface area contributed by atoms with Crippen molar-refractivity contribution in [2.24, 2.45) is 0 Å². The first-order valence-electron chi connectivity index (χ1n) is 7.34. The maximum atomic E-state index is 12.9. The highest BCUT2D eigenvalue weighted by molar-refractivity contribution is 7.89. The van der Waals surface area contributed by atoms with Crippen molar-refractivity contribution in [2.75, 3.05) is 20.1 Å². The van der Waals surface area contributed by atoms with Crippen LogP contribution in [0.4, 0.5) is 5.69 Å². The first-order valence-corrected chi connectivity index (χ1v) is 8.78. The Hall–Kier alpha value is -1.22. The predicted molar refractivity (Wildman–Crippen MR) is 90.6 cm³/mol. The third-order valence-corrected chi connectivity index (χ3v) is 6.11. The molecule has 1 aromatic carbocycles. The molecule has 1 saturated heterocycles. The topological polar surface area (TPSA) is 92.5 Å². The Morgan fingerprint density at radius 3 is 2.48 bits per heavy atom. The van der Waals surface area contributed by atoms with Crippen molar-refractivity contribution in [1.82, 2.24) is 9.62 Å². The molecule has 0 aliphatic carbocycles. The molecular weight excluding hydrogens is 342 g/mol. The Morgan fingerprint density at radius 2 is 1.96 bits per heavy atom. The Kier molecular flexibility index (Phi) is 6.94. The number of nitrogens with zero attached hydrogens (tertiary/aromatic N) is 2. The maximum Gasteiger partial charge on any atom is 0.270 e. The second kappa shape index (κ2) is 8.05. The average molecular weight is 364 g/mol. The Labute approximate surface area is 142 Å². The molecule has 2 rings (SSSR count). The molecule has 130 valence electrons. The van der Waals surface area contributed by atoms with E-state index in [-0.39, 0.29) is 29.0 Å². The number of nitro benzene ring substituents is 1. The molecule has 7 nitrogen and oxygen atoms in total. The molecule has 0 bridgehead atoms. The molecule has 0 amide bonds. The zero-order valence-electron chi connectivity index (χ0n) is 13.2. The lowest BCUT2D eigenvalue weighted by molar-refractivity contribution is -0.385. The van der Waals surface area contributed by atoms with Crippen molar-refractivity contribution in [2.45, 2.75) is 37.1 Å². The van der Waals surface area contributed by atoms with Gasteiger partial charge in [0.1, 0.15) is 0 Å². The van der Waals surface area contributed by atoms with Gasteiger partial charge in [-0.1, -0.05) is 13.0 Å². The lowest BCUT2D eigenvalue weighted by Gasteiger charge is -2.31. The molecule has 1 fully saturated rings. The van der Waals surface area contributed by atoms with Gasteiger partial charge in [0.2, 0.25) is 10.0 Å². The van der Waals surface area contributed by atoms with Gasteiger partial charge in [0.05, 0.1) is 9.82 Å². The van der Waals surface area contributed by atoms with Crippen molar-refractivity contribution in [3.8, 4) is 0 Å². The average Bonchev–Trinajstić information content (AvgIpc) is 2.54. The van der Waals surface area contributed by atoms with Gasteiger partial charge in [-0.05, 0) is 37.9 Å². The molecule has 0 radical (unpaired) electrons. The van der Waals surface area contributed by atoms with Crippen molar-refractivity contribution in [3.63, 3.8) is 0 Å². The van der Waals surface area contributed by atoms with E-state index in [4.69, 9.17) is 0 Å². The number of non-ortho nitro benzene ring substituents is 1. The summed E-state index contributed by atoms with van der Waals surface area (Å²) in [6.07, 6.45) is 1.99. The predicted octanol–water partition coefficient (Wildman–Crippen LogP) is 1.95. The zero-order valence-corrected chi connectivity index (χ0v) is 14.8. The number of halogens is 1. The molecule has 0 atom stereocenters. The monoisotopic (exact) mass is 363 g/mol. The third kappa shape index (κ3) is 4.20. The summed E-state index contributed by atoms with van der Waals surface area (Å²) in [5.41, 5.74) is 0.404. The molecule has 1 heterocycles. The van der Waals surface area contributed by atoms with Crippen LogP contribution in [0.15, 0.2) is 23.1 Å². The molecule has 0 aromatic heterocycles. The quantitative estimate of drug-likeness (QED) is 0.637. The molecule has 1 aromatic rings. The van der Waals surface area contributed by atoms with Crippen LogP contribution in [-0.2, 0) is 16.4 Å². The van der Waals surface area contributed by atoms with Crippen LogP contribution in [0.5, 0.6) is 0 Å². The number of benzene rings is 1. The van der Waals surface area contributed by atoms with E-state index in [1.54, 1.807) is 7.05 Å². The molecule has 0 unspecified atom stereocenters. The number of hydrogen-bond acceptors (Lipinski definition) is 5. The van der Waals surface area contributed by atoms with Gasteiger partial charge in [-0.25, -0.2) is 8.42 Å². The molecule has 1 aliphatic rings. The van der Waals surface area contributed by atoms with Crippen LogP contribution < -0.4 is 5.32 Å². The van der Waals surface area contributed by atoms with Crippen LogP contribution in [0.3, 0.4) is 0 Å². The molecular formula is C14H22ClN3O4S. The smallest absolute Gasteiger partial charge is 0.270 e. The first-order chi connectivity index (χ1) is 10.4. The van der Waals surface area contributed by atoms with Gasteiger partial charge in [0, 0.05) is 25.2 Å². The van der Waals surface area contributed by atoms with Crippen molar-refractivity contribution >= 4 is 28.1 Å². The van der Waals surface area contributed by atoms with Crippen LogP contribution in [0.2, 0.25) is 0 Å². The number of piperidine rings is 1. The van der Waals surface area contributed by atoms with Gasteiger partial charge >= 0.3 is 0 Å². The normalized spacial score (nSPS) is 16.1. The minimum absolute atomic E-state index is 0. The van der Waals surface area contributed by atoms with Crippen LogP contribution in [0.25, 0.3) is 0 Å². The fourth-order valence-electron chi connectivity index (χ4n) is 2.71. The second-order valence-corrected chi connectivity index (χ2v) is 7.37. The molecule has 0 spiro atoms. The molecule has 0 saturated carbocycles. The van der Waals surface area contributed by atoms with Gasteiger partial charge in [-0.3, -0.25) is 10.1 Å². The van der Waals surface area contributed by atoms with E-state index in [1.807, 2.05) is 6.92 Å². The van der Waals surface area contributed by atoms with Crippen molar-refractivity contribution in [3.05, 3.63) is 33.9 Å². The van der Waals surface area contributed by atoms with Gasteiger partial charge in [-0.2, -0.15) is 4.31 Å².